The molecule has 1 aromatic heterocycles. The van der Waals surface area contributed by atoms with Crippen LogP contribution in [0.5, 0.6) is 0 Å². The van der Waals surface area contributed by atoms with Gasteiger partial charge in [-0.2, -0.15) is 0 Å². The van der Waals surface area contributed by atoms with Crippen LogP contribution in [-0.4, -0.2) is 39.1 Å². The number of fused-ring (bicyclic) bond motifs is 1. The average molecular weight is 291 g/mol. The van der Waals surface area contributed by atoms with Gasteiger partial charge in [0.25, 0.3) is 0 Å². The first kappa shape index (κ1) is 13.6. The van der Waals surface area contributed by atoms with Crippen molar-refractivity contribution in [1.82, 2.24) is 9.55 Å². The van der Waals surface area contributed by atoms with Crippen molar-refractivity contribution in [3.05, 3.63) is 28.5 Å². The van der Waals surface area contributed by atoms with E-state index in [0.717, 1.165) is 5.52 Å². The van der Waals surface area contributed by atoms with Crippen LogP contribution >= 0.6 is 23.2 Å². The highest BCUT2D eigenvalue weighted by molar-refractivity contribution is 6.44. The number of aromatic nitrogens is 2. The number of aliphatic hydroxyl groups is 2. The summed E-state index contributed by atoms with van der Waals surface area (Å²) in [6, 6.07) is 3.47. The SMILES string of the molecule is OCC(CO)OCn1cnc2c(Cl)c(Cl)ccc21. The third-order valence-electron chi connectivity index (χ3n) is 2.54. The zero-order chi connectivity index (χ0) is 13.1. The van der Waals surface area contributed by atoms with E-state index in [1.165, 1.54) is 0 Å². The standard InChI is InChI=1S/C11H12Cl2N2O3/c12-8-1-2-9-11(10(8)13)14-5-15(9)6-18-7(3-16)4-17/h1-2,5,7,16-17H,3-4,6H2. The van der Waals surface area contributed by atoms with Gasteiger partial charge in [0, 0.05) is 0 Å². The van der Waals surface area contributed by atoms with Crippen LogP contribution in [0.1, 0.15) is 0 Å². The first-order valence-electron chi connectivity index (χ1n) is 5.29. The fraction of sp³-hybridized carbons (Fsp3) is 0.364. The van der Waals surface area contributed by atoms with Crippen molar-refractivity contribution in [2.75, 3.05) is 13.2 Å². The Bertz CT molecular complexity index is 540. The molecular weight excluding hydrogens is 279 g/mol. The van der Waals surface area contributed by atoms with Crippen LogP contribution in [0.15, 0.2) is 18.5 Å². The molecule has 0 atom stereocenters. The van der Waals surface area contributed by atoms with Crippen LogP contribution in [-0.2, 0) is 11.5 Å². The molecule has 98 valence electrons. The highest BCUT2D eigenvalue weighted by Gasteiger charge is 2.11. The largest absolute Gasteiger partial charge is 0.394 e. The predicted octanol–water partition coefficient (Wildman–Crippen LogP) is 1.67. The van der Waals surface area contributed by atoms with E-state index in [0.29, 0.717) is 15.6 Å². The number of imidazole rings is 1. The lowest BCUT2D eigenvalue weighted by Crippen LogP contribution is -2.23. The number of halogens is 2. The fourth-order valence-corrected chi connectivity index (χ4v) is 1.89. The third kappa shape index (κ3) is 2.60. The molecule has 2 N–H and O–H groups in total. The monoisotopic (exact) mass is 290 g/mol. The van der Waals surface area contributed by atoms with Gasteiger partial charge < -0.3 is 19.5 Å². The molecule has 0 unspecified atom stereocenters. The van der Waals surface area contributed by atoms with Crippen molar-refractivity contribution >= 4 is 34.2 Å². The molecule has 0 aliphatic carbocycles. The van der Waals surface area contributed by atoms with Gasteiger partial charge in [-0.25, -0.2) is 4.98 Å². The maximum absolute atomic E-state index is 8.90. The molecule has 0 radical (unpaired) electrons. The maximum atomic E-state index is 8.90. The van der Waals surface area contributed by atoms with Crippen LogP contribution in [0.25, 0.3) is 11.0 Å². The van der Waals surface area contributed by atoms with Gasteiger partial charge in [0.05, 0.1) is 35.1 Å². The number of nitrogens with zero attached hydrogens (tertiary/aromatic N) is 2. The molecule has 1 aromatic carbocycles. The molecule has 2 rings (SSSR count). The van der Waals surface area contributed by atoms with E-state index in [4.69, 9.17) is 38.2 Å². The maximum Gasteiger partial charge on any atom is 0.124 e. The summed E-state index contributed by atoms with van der Waals surface area (Å²) in [7, 11) is 0. The number of hydrogen-bond acceptors (Lipinski definition) is 4. The zero-order valence-corrected chi connectivity index (χ0v) is 10.9. The number of hydrogen-bond donors (Lipinski definition) is 2. The van der Waals surface area contributed by atoms with Gasteiger partial charge in [0.1, 0.15) is 18.4 Å². The molecule has 7 heteroatoms. The van der Waals surface area contributed by atoms with Crippen LogP contribution in [0.3, 0.4) is 0 Å². The Balaban J connectivity index is 2.22. The first-order chi connectivity index (χ1) is 8.67. The molecule has 18 heavy (non-hydrogen) atoms. The van der Waals surface area contributed by atoms with Gasteiger partial charge in [-0.1, -0.05) is 23.2 Å². The van der Waals surface area contributed by atoms with Gasteiger partial charge >= 0.3 is 0 Å². The van der Waals surface area contributed by atoms with E-state index in [9.17, 15) is 0 Å². The molecule has 0 saturated carbocycles. The molecule has 1 heterocycles. The minimum atomic E-state index is -0.606. The Morgan fingerprint density at radius 2 is 2.00 bits per heavy atom. The molecule has 0 aliphatic rings. The normalized spacial score (nSPS) is 11.6. The highest BCUT2D eigenvalue weighted by Crippen LogP contribution is 2.29. The lowest BCUT2D eigenvalue weighted by atomic mass is 10.3. The number of ether oxygens (including phenoxy) is 1. The molecule has 0 fully saturated rings. The Morgan fingerprint density at radius 3 is 2.67 bits per heavy atom. The summed E-state index contributed by atoms with van der Waals surface area (Å²) in [5.74, 6) is 0. The van der Waals surface area contributed by atoms with E-state index < -0.39 is 6.10 Å². The number of rotatable bonds is 5. The zero-order valence-electron chi connectivity index (χ0n) is 9.38. The second-order valence-corrected chi connectivity index (χ2v) is 4.51. The first-order valence-corrected chi connectivity index (χ1v) is 6.05. The Hall–Kier alpha value is -0.850. The van der Waals surface area contributed by atoms with Crippen molar-refractivity contribution in [2.24, 2.45) is 0 Å². The smallest absolute Gasteiger partial charge is 0.124 e. The molecule has 0 amide bonds. The van der Waals surface area contributed by atoms with Gasteiger partial charge in [0.2, 0.25) is 0 Å². The van der Waals surface area contributed by atoms with Crippen LogP contribution < -0.4 is 0 Å². The van der Waals surface area contributed by atoms with E-state index in [-0.39, 0.29) is 19.9 Å². The Kier molecular flexibility index (Phi) is 4.42. The summed E-state index contributed by atoms with van der Waals surface area (Å²) in [5.41, 5.74) is 1.37. The molecule has 0 bridgehead atoms. The van der Waals surface area contributed by atoms with Crippen LogP contribution in [0.4, 0.5) is 0 Å². The Morgan fingerprint density at radius 1 is 1.28 bits per heavy atom. The number of benzene rings is 1. The third-order valence-corrected chi connectivity index (χ3v) is 3.33. The minimum absolute atomic E-state index is 0.167. The lowest BCUT2D eigenvalue weighted by Gasteiger charge is -2.13. The van der Waals surface area contributed by atoms with E-state index in [1.54, 1.807) is 23.0 Å². The van der Waals surface area contributed by atoms with Crippen molar-refractivity contribution in [3.63, 3.8) is 0 Å². The van der Waals surface area contributed by atoms with Gasteiger partial charge in [-0.15, -0.1) is 0 Å². The van der Waals surface area contributed by atoms with Crippen molar-refractivity contribution < 1.29 is 14.9 Å². The summed E-state index contributed by atoms with van der Waals surface area (Å²) in [4.78, 5) is 4.15. The summed E-state index contributed by atoms with van der Waals surface area (Å²) < 4.78 is 7.03. The molecule has 5 nitrogen and oxygen atoms in total. The van der Waals surface area contributed by atoms with E-state index in [2.05, 4.69) is 4.98 Å². The topological polar surface area (TPSA) is 67.5 Å². The van der Waals surface area contributed by atoms with E-state index >= 15 is 0 Å². The average Bonchev–Trinajstić information content (AvgIpc) is 2.79. The molecule has 2 aromatic rings. The summed E-state index contributed by atoms with van der Waals surface area (Å²) in [5, 5.41) is 18.6. The second kappa shape index (κ2) is 5.86. The predicted molar refractivity (Wildman–Crippen MR) is 68.8 cm³/mol. The summed E-state index contributed by atoms with van der Waals surface area (Å²) in [6.07, 6.45) is 0.962. The van der Waals surface area contributed by atoms with Crippen LogP contribution in [0.2, 0.25) is 10.0 Å². The quantitative estimate of drug-likeness (QED) is 0.879. The highest BCUT2D eigenvalue weighted by atomic mass is 35.5. The van der Waals surface area contributed by atoms with Gasteiger partial charge in [-0.3, -0.25) is 0 Å². The second-order valence-electron chi connectivity index (χ2n) is 3.73. The fourth-order valence-electron chi connectivity index (χ4n) is 1.53. The van der Waals surface area contributed by atoms with Crippen molar-refractivity contribution in [2.45, 2.75) is 12.8 Å². The lowest BCUT2D eigenvalue weighted by molar-refractivity contribution is -0.0487. The minimum Gasteiger partial charge on any atom is -0.394 e. The molecular formula is C11H12Cl2N2O3. The van der Waals surface area contributed by atoms with Gasteiger partial charge in [-0.05, 0) is 12.1 Å². The Labute approximate surface area is 114 Å². The van der Waals surface area contributed by atoms with Crippen LogP contribution in [0, 0.1) is 0 Å². The molecule has 0 aliphatic heterocycles. The van der Waals surface area contributed by atoms with Gasteiger partial charge in [0.15, 0.2) is 0 Å². The summed E-state index contributed by atoms with van der Waals surface area (Å²) >= 11 is 11.9. The van der Waals surface area contributed by atoms with Crippen molar-refractivity contribution in [1.29, 1.82) is 0 Å². The molecule has 0 saturated heterocycles. The van der Waals surface area contributed by atoms with Crippen molar-refractivity contribution in [3.8, 4) is 0 Å². The molecule has 0 spiro atoms. The summed E-state index contributed by atoms with van der Waals surface area (Å²) in [6.45, 7) is -0.314. The van der Waals surface area contributed by atoms with E-state index in [1.807, 2.05) is 0 Å². The number of aliphatic hydroxyl groups excluding tert-OH is 2.